The predicted molar refractivity (Wildman–Crippen MR) is 73.6 cm³/mol. The lowest BCUT2D eigenvalue weighted by molar-refractivity contribution is 0.562. The van der Waals surface area contributed by atoms with Crippen molar-refractivity contribution in [2.75, 3.05) is 11.5 Å². The molecule has 0 unspecified atom stereocenters. The average molecular weight is 296 g/mol. The van der Waals surface area contributed by atoms with Crippen LogP contribution in [0.3, 0.4) is 0 Å². The summed E-state index contributed by atoms with van der Waals surface area (Å²) in [5, 5.41) is 0. The highest BCUT2D eigenvalue weighted by atomic mass is 32.2. The number of aromatic nitrogens is 1. The van der Waals surface area contributed by atoms with E-state index in [1.54, 1.807) is 0 Å². The average Bonchev–Trinajstić information content (AvgIpc) is 2.40. The van der Waals surface area contributed by atoms with E-state index in [0.717, 1.165) is 6.07 Å². The molecule has 0 bridgehead atoms. The molecule has 0 spiro atoms. The van der Waals surface area contributed by atoms with Crippen LogP contribution in [-0.4, -0.2) is 18.7 Å². The van der Waals surface area contributed by atoms with E-state index in [2.05, 4.69) is 0 Å². The number of aryl methyl sites for hydroxylation is 1. The number of pyridine rings is 1. The molecule has 20 heavy (non-hydrogen) atoms. The van der Waals surface area contributed by atoms with Crippen molar-refractivity contribution >= 4 is 15.5 Å². The summed E-state index contributed by atoms with van der Waals surface area (Å²) < 4.78 is 38.7. The Morgan fingerprint density at radius 2 is 1.85 bits per heavy atom. The largest absolute Gasteiger partial charge is 0.398 e. The summed E-state index contributed by atoms with van der Waals surface area (Å²) in [6.45, 7) is -0.0828. The van der Waals surface area contributed by atoms with Gasteiger partial charge < -0.3 is 10.3 Å². The van der Waals surface area contributed by atoms with E-state index in [1.807, 2.05) is 0 Å². The molecule has 7 heteroatoms. The molecule has 106 valence electrons. The van der Waals surface area contributed by atoms with Crippen LogP contribution in [0.4, 0.5) is 10.1 Å². The molecule has 0 amide bonds. The molecular weight excluding hydrogens is 283 g/mol. The van der Waals surface area contributed by atoms with E-state index >= 15 is 0 Å². The SMILES string of the molecule is Nc1ccc(=O)n(CCS(=O)(=O)c2ccccc2F)c1. The van der Waals surface area contributed by atoms with Crippen molar-refractivity contribution in [1.29, 1.82) is 0 Å². The van der Waals surface area contributed by atoms with Gasteiger partial charge in [0.25, 0.3) is 5.56 Å². The maximum atomic E-state index is 13.5. The van der Waals surface area contributed by atoms with Crippen LogP contribution in [0.2, 0.25) is 0 Å². The van der Waals surface area contributed by atoms with Crippen LogP contribution in [0.1, 0.15) is 0 Å². The Hall–Kier alpha value is -2.15. The maximum Gasteiger partial charge on any atom is 0.250 e. The topological polar surface area (TPSA) is 82.2 Å². The van der Waals surface area contributed by atoms with E-state index in [4.69, 9.17) is 5.73 Å². The van der Waals surface area contributed by atoms with Crippen molar-refractivity contribution in [2.45, 2.75) is 11.4 Å². The molecule has 0 aliphatic heterocycles. The maximum absolute atomic E-state index is 13.5. The number of nitrogen functional groups attached to an aromatic ring is 1. The first-order valence-electron chi connectivity index (χ1n) is 5.83. The first-order chi connectivity index (χ1) is 9.40. The van der Waals surface area contributed by atoms with Crippen LogP contribution >= 0.6 is 0 Å². The Bertz CT molecular complexity index is 784. The second-order valence-corrected chi connectivity index (χ2v) is 6.32. The fourth-order valence-corrected chi connectivity index (χ4v) is 3.06. The van der Waals surface area contributed by atoms with Crippen molar-refractivity contribution in [1.82, 2.24) is 4.57 Å². The number of benzene rings is 1. The summed E-state index contributed by atoms with van der Waals surface area (Å²) in [6, 6.07) is 7.83. The van der Waals surface area contributed by atoms with Gasteiger partial charge in [-0.15, -0.1) is 0 Å². The van der Waals surface area contributed by atoms with E-state index in [-0.39, 0.29) is 22.8 Å². The molecule has 0 aliphatic rings. The van der Waals surface area contributed by atoms with Gasteiger partial charge in [0.15, 0.2) is 9.84 Å². The molecule has 5 nitrogen and oxygen atoms in total. The number of halogens is 1. The summed E-state index contributed by atoms with van der Waals surface area (Å²) in [4.78, 5) is 11.2. The summed E-state index contributed by atoms with van der Waals surface area (Å²) in [7, 11) is -3.79. The molecule has 0 saturated carbocycles. The van der Waals surface area contributed by atoms with Crippen molar-refractivity contribution in [3.63, 3.8) is 0 Å². The smallest absolute Gasteiger partial charge is 0.250 e. The van der Waals surface area contributed by atoms with E-state index < -0.39 is 15.7 Å². The van der Waals surface area contributed by atoms with Gasteiger partial charge in [0.2, 0.25) is 0 Å². The monoisotopic (exact) mass is 296 g/mol. The molecule has 2 aromatic rings. The van der Waals surface area contributed by atoms with Gasteiger partial charge in [-0.2, -0.15) is 0 Å². The standard InChI is InChI=1S/C13H13FN2O3S/c14-11-3-1-2-4-12(11)20(18,19)8-7-16-9-10(15)5-6-13(16)17/h1-6,9H,7-8,15H2. The lowest BCUT2D eigenvalue weighted by atomic mass is 10.3. The molecular formula is C13H13FN2O3S. The zero-order valence-electron chi connectivity index (χ0n) is 10.5. The Labute approximate surface area is 115 Å². The molecule has 2 N–H and O–H groups in total. The summed E-state index contributed by atoms with van der Waals surface area (Å²) >= 11 is 0. The van der Waals surface area contributed by atoms with Crippen LogP contribution in [0.25, 0.3) is 0 Å². The number of sulfone groups is 1. The lowest BCUT2D eigenvalue weighted by Gasteiger charge is -2.08. The summed E-state index contributed by atoms with van der Waals surface area (Å²) in [6.07, 6.45) is 1.36. The highest BCUT2D eigenvalue weighted by Gasteiger charge is 2.18. The van der Waals surface area contributed by atoms with Gasteiger partial charge >= 0.3 is 0 Å². The second-order valence-electron chi connectivity index (χ2n) is 4.24. The Morgan fingerprint density at radius 3 is 2.55 bits per heavy atom. The zero-order valence-corrected chi connectivity index (χ0v) is 11.3. The zero-order chi connectivity index (χ0) is 14.8. The van der Waals surface area contributed by atoms with Gasteiger partial charge in [0, 0.05) is 24.5 Å². The molecule has 0 fully saturated rings. The molecule has 1 heterocycles. The fraction of sp³-hybridized carbons (Fsp3) is 0.154. The van der Waals surface area contributed by atoms with Crippen LogP contribution in [-0.2, 0) is 16.4 Å². The molecule has 2 rings (SSSR count). The normalized spacial score (nSPS) is 11.4. The van der Waals surface area contributed by atoms with Gasteiger partial charge in [-0.05, 0) is 18.2 Å². The molecule has 0 atom stereocenters. The minimum Gasteiger partial charge on any atom is -0.398 e. The van der Waals surface area contributed by atoms with Crippen LogP contribution < -0.4 is 11.3 Å². The first-order valence-corrected chi connectivity index (χ1v) is 7.48. The third-order valence-electron chi connectivity index (χ3n) is 2.78. The summed E-state index contributed by atoms with van der Waals surface area (Å²) in [5.41, 5.74) is 5.53. The van der Waals surface area contributed by atoms with Gasteiger partial charge in [-0.3, -0.25) is 4.79 Å². The Balaban J connectivity index is 2.24. The van der Waals surface area contributed by atoms with Crippen LogP contribution in [0.5, 0.6) is 0 Å². The number of nitrogens with zero attached hydrogens (tertiary/aromatic N) is 1. The van der Waals surface area contributed by atoms with Crippen molar-refractivity contribution < 1.29 is 12.8 Å². The van der Waals surface area contributed by atoms with Gasteiger partial charge in [0.1, 0.15) is 10.7 Å². The van der Waals surface area contributed by atoms with Gasteiger partial charge in [-0.1, -0.05) is 12.1 Å². The van der Waals surface area contributed by atoms with Crippen LogP contribution in [0.15, 0.2) is 52.3 Å². The van der Waals surface area contributed by atoms with Gasteiger partial charge in [-0.25, -0.2) is 12.8 Å². The Kier molecular flexibility index (Phi) is 3.89. The second kappa shape index (κ2) is 5.46. The number of nitrogens with two attached hydrogens (primary N) is 1. The highest BCUT2D eigenvalue weighted by molar-refractivity contribution is 7.91. The number of rotatable bonds is 4. The highest BCUT2D eigenvalue weighted by Crippen LogP contribution is 2.15. The molecule has 0 radical (unpaired) electrons. The number of anilines is 1. The third kappa shape index (κ3) is 3.05. The first kappa shape index (κ1) is 14.3. The lowest BCUT2D eigenvalue weighted by Crippen LogP contribution is -2.23. The number of hydrogen-bond donors (Lipinski definition) is 1. The third-order valence-corrected chi connectivity index (χ3v) is 4.50. The number of hydrogen-bond acceptors (Lipinski definition) is 4. The van der Waals surface area contributed by atoms with E-state index in [1.165, 1.54) is 41.1 Å². The molecule has 1 aromatic carbocycles. The quantitative estimate of drug-likeness (QED) is 0.914. The predicted octanol–water partition coefficient (Wildman–Crippen LogP) is 1.04. The minimum absolute atomic E-state index is 0.0828. The van der Waals surface area contributed by atoms with E-state index in [9.17, 15) is 17.6 Å². The van der Waals surface area contributed by atoms with Crippen molar-refractivity contribution in [3.8, 4) is 0 Å². The van der Waals surface area contributed by atoms with Gasteiger partial charge in [0.05, 0.1) is 5.75 Å². The molecule has 0 aliphatic carbocycles. The summed E-state index contributed by atoms with van der Waals surface area (Å²) in [5.74, 6) is -1.18. The fourth-order valence-electron chi connectivity index (χ4n) is 1.75. The van der Waals surface area contributed by atoms with E-state index in [0.29, 0.717) is 5.69 Å². The molecule has 0 saturated heterocycles. The Morgan fingerprint density at radius 1 is 1.15 bits per heavy atom. The van der Waals surface area contributed by atoms with Crippen molar-refractivity contribution in [2.24, 2.45) is 0 Å². The minimum atomic E-state index is -3.79. The molecule has 1 aromatic heterocycles. The van der Waals surface area contributed by atoms with Crippen molar-refractivity contribution in [3.05, 3.63) is 58.8 Å². The van der Waals surface area contributed by atoms with Crippen LogP contribution in [0, 0.1) is 5.82 Å².